The van der Waals surface area contributed by atoms with Crippen molar-refractivity contribution in [2.45, 2.75) is 84.2 Å². The Kier molecular flexibility index (Phi) is 11.0. The van der Waals surface area contributed by atoms with Crippen molar-refractivity contribution in [2.24, 2.45) is 0 Å². The van der Waals surface area contributed by atoms with Crippen LogP contribution in [0.4, 0.5) is 0 Å². The summed E-state index contributed by atoms with van der Waals surface area (Å²) in [6.45, 7) is 4.02. The Morgan fingerprint density at radius 1 is 0.786 bits per heavy atom. The smallest absolute Gasteiger partial charge is 0.0902 e. The molecule has 0 aliphatic rings. The Balaban J connectivity index is 2.85. The molecule has 0 aliphatic heterocycles. The zero-order valence-corrected chi connectivity index (χ0v) is 10.1. The first-order chi connectivity index (χ1) is 6.77. The van der Waals surface area contributed by atoms with Crippen molar-refractivity contribution < 1.29 is 5.11 Å². The van der Waals surface area contributed by atoms with E-state index in [2.05, 4.69) is 6.92 Å². The number of rotatable bonds is 10. The molecule has 0 bridgehead atoms. The maximum atomic E-state index is 10.7. The van der Waals surface area contributed by atoms with E-state index in [4.69, 9.17) is 0 Å². The molecular weight excluding hydrogens is 172 g/mol. The Hall–Kier alpha value is -0.0400. The molecule has 0 amide bonds. The van der Waals surface area contributed by atoms with E-state index in [-0.39, 0.29) is 6.10 Å². The maximum absolute atomic E-state index is 10.7. The summed E-state index contributed by atoms with van der Waals surface area (Å²) in [4.78, 5) is 0. The molecular formula is C13H27O. The normalized spacial score (nSPS) is 13.1. The van der Waals surface area contributed by atoms with Gasteiger partial charge in [0.2, 0.25) is 0 Å². The highest BCUT2D eigenvalue weighted by atomic mass is 16.3. The largest absolute Gasteiger partial charge is 0.233 e. The van der Waals surface area contributed by atoms with Crippen molar-refractivity contribution in [1.82, 2.24) is 0 Å². The molecule has 14 heavy (non-hydrogen) atoms. The topological polar surface area (TPSA) is 19.9 Å². The summed E-state index contributed by atoms with van der Waals surface area (Å²) in [7, 11) is 0. The SMILES string of the molecule is CCCCCCCCCCCC(C)[O]. The zero-order chi connectivity index (χ0) is 10.6. The van der Waals surface area contributed by atoms with Crippen molar-refractivity contribution in [3.63, 3.8) is 0 Å². The first kappa shape index (κ1) is 14.0. The van der Waals surface area contributed by atoms with Crippen molar-refractivity contribution in [3.8, 4) is 0 Å². The summed E-state index contributed by atoms with van der Waals surface area (Å²) >= 11 is 0. The van der Waals surface area contributed by atoms with Crippen LogP contribution in [-0.2, 0) is 5.11 Å². The average Bonchev–Trinajstić information content (AvgIpc) is 2.15. The van der Waals surface area contributed by atoms with E-state index in [1.54, 1.807) is 6.92 Å². The van der Waals surface area contributed by atoms with Crippen LogP contribution >= 0.6 is 0 Å². The lowest BCUT2D eigenvalue weighted by Gasteiger charge is -2.02. The van der Waals surface area contributed by atoms with Gasteiger partial charge in [0, 0.05) is 0 Å². The van der Waals surface area contributed by atoms with Crippen molar-refractivity contribution in [3.05, 3.63) is 0 Å². The third-order valence-electron chi connectivity index (χ3n) is 2.71. The van der Waals surface area contributed by atoms with Gasteiger partial charge in [-0.3, -0.25) is 0 Å². The van der Waals surface area contributed by atoms with Gasteiger partial charge in [-0.2, -0.15) is 0 Å². The molecule has 0 rings (SSSR count). The highest BCUT2D eigenvalue weighted by molar-refractivity contribution is 4.50. The van der Waals surface area contributed by atoms with Crippen LogP contribution in [0.25, 0.3) is 0 Å². The van der Waals surface area contributed by atoms with E-state index in [1.807, 2.05) is 0 Å². The van der Waals surface area contributed by atoms with Crippen LogP contribution < -0.4 is 0 Å². The molecule has 0 fully saturated rings. The first-order valence-electron chi connectivity index (χ1n) is 6.43. The van der Waals surface area contributed by atoms with Gasteiger partial charge < -0.3 is 0 Å². The molecule has 0 N–H and O–H groups in total. The van der Waals surface area contributed by atoms with Gasteiger partial charge in [0.25, 0.3) is 0 Å². The van der Waals surface area contributed by atoms with Gasteiger partial charge in [-0.05, 0) is 13.3 Å². The summed E-state index contributed by atoms with van der Waals surface area (Å²) in [5.41, 5.74) is 0. The predicted molar refractivity (Wildman–Crippen MR) is 62.0 cm³/mol. The van der Waals surface area contributed by atoms with Crippen LogP contribution in [0.3, 0.4) is 0 Å². The molecule has 1 radical (unpaired) electrons. The van der Waals surface area contributed by atoms with Gasteiger partial charge in [-0.25, -0.2) is 5.11 Å². The molecule has 0 saturated carbocycles. The second-order valence-electron chi connectivity index (χ2n) is 4.43. The molecule has 0 aromatic rings. The monoisotopic (exact) mass is 199 g/mol. The molecule has 0 saturated heterocycles. The minimum atomic E-state index is -0.348. The lowest BCUT2D eigenvalue weighted by atomic mass is 10.1. The lowest BCUT2D eigenvalue weighted by molar-refractivity contribution is 0.0950. The molecule has 1 nitrogen and oxygen atoms in total. The number of hydrogen-bond acceptors (Lipinski definition) is 0. The van der Waals surface area contributed by atoms with Gasteiger partial charge >= 0.3 is 0 Å². The summed E-state index contributed by atoms with van der Waals surface area (Å²) in [5, 5.41) is 10.7. The molecule has 0 aromatic carbocycles. The molecule has 1 atom stereocenters. The molecule has 85 valence electrons. The molecule has 1 heteroatoms. The molecule has 0 heterocycles. The van der Waals surface area contributed by atoms with Crippen LogP contribution in [0.1, 0.15) is 78.1 Å². The van der Waals surface area contributed by atoms with Crippen molar-refractivity contribution in [1.29, 1.82) is 0 Å². The fourth-order valence-electron chi connectivity index (χ4n) is 1.74. The molecule has 0 aromatic heterocycles. The Labute approximate surface area is 89.9 Å². The quantitative estimate of drug-likeness (QED) is 0.453. The van der Waals surface area contributed by atoms with Crippen LogP contribution in [0, 0.1) is 0 Å². The van der Waals surface area contributed by atoms with E-state index in [9.17, 15) is 5.11 Å². The standard InChI is InChI=1S/C13H27O/c1-3-4-5-6-7-8-9-10-11-12-13(2)14/h13H,3-12H2,1-2H3. The van der Waals surface area contributed by atoms with E-state index in [0.29, 0.717) is 0 Å². The fourth-order valence-corrected chi connectivity index (χ4v) is 1.74. The number of hydrogen-bond donors (Lipinski definition) is 0. The Bertz CT molecular complexity index is 99.4. The maximum Gasteiger partial charge on any atom is 0.0902 e. The highest BCUT2D eigenvalue weighted by Crippen LogP contribution is 2.11. The second kappa shape index (κ2) is 11.0. The zero-order valence-electron chi connectivity index (χ0n) is 10.1. The van der Waals surface area contributed by atoms with Gasteiger partial charge in [0.05, 0.1) is 6.10 Å². The van der Waals surface area contributed by atoms with Crippen LogP contribution in [0.2, 0.25) is 0 Å². The van der Waals surface area contributed by atoms with Gasteiger partial charge in [-0.15, -0.1) is 0 Å². The van der Waals surface area contributed by atoms with Gasteiger partial charge in [0.15, 0.2) is 0 Å². The van der Waals surface area contributed by atoms with Crippen LogP contribution in [0.5, 0.6) is 0 Å². The van der Waals surface area contributed by atoms with Crippen LogP contribution in [-0.4, -0.2) is 6.10 Å². The van der Waals surface area contributed by atoms with Crippen molar-refractivity contribution in [2.75, 3.05) is 0 Å². The lowest BCUT2D eigenvalue weighted by Crippen LogP contribution is -1.95. The summed E-state index contributed by atoms with van der Waals surface area (Å²) in [6.07, 6.45) is 12.6. The van der Waals surface area contributed by atoms with Gasteiger partial charge in [-0.1, -0.05) is 64.7 Å². The summed E-state index contributed by atoms with van der Waals surface area (Å²) in [5.74, 6) is 0. The third kappa shape index (κ3) is 12.0. The number of unbranched alkanes of at least 4 members (excludes halogenated alkanes) is 8. The highest BCUT2D eigenvalue weighted by Gasteiger charge is 1.97. The van der Waals surface area contributed by atoms with E-state index in [1.165, 1.54) is 51.4 Å². The third-order valence-corrected chi connectivity index (χ3v) is 2.71. The van der Waals surface area contributed by atoms with Gasteiger partial charge in [0.1, 0.15) is 0 Å². The Morgan fingerprint density at radius 3 is 1.64 bits per heavy atom. The average molecular weight is 199 g/mol. The minimum Gasteiger partial charge on any atom is -0.233 e. The summed E-state index contributed by atoms with van der Waals surface area (Å²) in [6, 6.07) is 0. The second-order valence-corrected chi connectivity index (χ2v) is 4.43. The van der Waals surface area contributed by atoms with Crippen LogP contribution in [0.15, 0.2) is 0 Å². The van der Waals surface area contributed by atoms with Crippen molar-refractivity contribution >= 4 is 0 Å². The molecule has 0 spiro atoms. The van der Waals surface area contributed by atoms with E-state index < -0.39 is 0 Å². The molecule has 1 unspecified atom stereocenters. The Morgan fingerprint density at radius 2 is 1.21 bits per heavy atom. The van der Waals surface area contributed by atoms with E-state index in [0.717, 1.165) is 12.8 Å². The first-order valence-corrected chi connectivity index (χ1v) is 6.43. The van der Waals surface area contributed by atoms with E-state index >= 15 is 0 Å². The molecule has 0 aliphatic carbocycles. The fraction of sp³-hybridized carbons (Fsp3) is 1.00. The predicted octanol–water partition coefficient (Wildman–Crippen LogP) is 4.73. The minimum absolute atomic E-state index is 0.348. The summed E-state index contributed by atoms with van der Waals surface area (Å²) < 4.78 is 0.